The van der Waals surface area contributed by atoms with Crippen LogP contribution in [-0.4, -0.2) is 93.6 Å². The van der Waals surface area contributed by atoms with Crippen LogP contribution in [0, 0.1) is 17.8 Å². The van der Waals surface area contributed by atoms with Gasteiger partial charge in [0.05, 0.1) is 30.1 Å². The van der Waals surface area contributed by atoms with Gasteiger partial charge in [-0.05, 0) is 25.7 Å². The lowest BCUT2D eigenvalue weighted by Crippen LogP contribution is -2.60. The Morgan fingerprint density at radius 1 is 1.03 bits per heavy atom. The van der Waals surface area contributed by atoms with E-state index in [9.17, 15) is 19.5 Å². The van der Waals surface area contributed by atoms with Gasteiger partial charge >= 0.3 is 0 Å². The van der Waals surface area contributed by atoms with Crippen molar-refractivity contribution < 1.29 is 24.2 Å². The molecule has 0 bridgehead atoms. The Balaban J connectivity index is 1.93. The minimum atomic E-state index is -1.27. The molecule has 0 aromatic heterocycles. The van der Waals surface area contributed by atoms with Crippen LogP contribution >= 0.6 is 0 Å². The molecule has 1 N–H and O–H groups in total. The lowest BCUT2D eigenvalue weighted by molar-refractivity contribution is -0.159. The third-order valence-electron chi connectivity index (χ3n) is 8.66. The lowest BCUT2D eigenvalue weighted by Gasteiger charge is -2.42. The third-order valence-corrected chi connectivity index (χ3v) is 8.66. The highest BCUT2D eigenvalue weighted by molar-refractivity contribution is 6.00. The monoisotopic (exact) mass is 487 g/mol. The number of hydrogen-bond donors (Lipinski definition) is 1. The van der Waals surface area contributed by atoms with Gasteiger partial charge < -0.3 is 24.5 Å². The highest BCUT2D eigenvalue weighted by Crippen LogP contribution is 2.59. The molecule has 4 rings (SSSR count). The quantitative estimate of drug-likeness (QED) is 0.555. The van der Waals surface area contributed by atoms with Crippen LogP contribution in [-0.2, 0) is 19.1 Å². The summed E-state index contributed by atoms with van der Waals surface area (Å²) in [6, 6.07) is -1.49. The smallest absolute Gasteiger partial charge is 0.249 e. The molecule has 4 heterocycles. The molecule has 0 aromatic rings. The van der Waals surface area contributed by atoms with Crippen LogP contribution < -0.4 is 0 Å². The SMILES string of the molecule is CCCC(C)N1CC=C[C@]23O[C@@]4(CC)C=CCN(C)C(=O)[C@H]4[C@H]2C(=O)N([C@@H](CO)C(C)C)C3C1=O. The molecule has 2 fully saturated rings. The van der Waals surface area contributed by atoms with E-state index < -0.39 is 35.1 Å². The molecule has 0 aromatic carbocycles. The van der Waals surface area contributed by atoms with Crippen molar-refractivity contribution in [2.24, 2.45) is 17.8 Å². The molecule has 0 aliphatic carbocycles. The second kappa shape index (κ2) is 9.36. The van der Waals surface area contributed by atoms with E-state index in [1.54, 1.807) is 16.8 Å². The summed E-state index contributed by atoms with van der Waals surface area (Å²) in [5.74, 6) is -2.23. The molecule has 2 saturated heterocycles. The minimum Gasteiger partial charge on any atom is -0.394 e. The third kappa shape index (κ3) is 3.67. The Hall–Kier alpha value is -2.19. The maximum atomic E-state index is 14.3. The summed E-state index contributed by atoms with van der Waals surface area (Å²) in [7, 11) is 1.74. The lowest BCUT2D eigenvalue weighted by atomic mass is 9.73. The molecule has 8 heteroatoms. The Labute approximate surface area is 208 Å². The second-order valence-corrected chi connectivity index (χ2v) is 11.0. The number of rotatable bonds is 7. The fraction of sp³-hybridized carbons (Fsp3) is 0.741. The first-order valence-electron chi connectivity index (χ1n) is 13.1. The molecule has 8 nitrogen and oxygen atoms in total. The van der Waals surface area contributed by atoms with Crippen LogP contribution in [0.1, 0.15) is 53.9 Å². The van der Waals surface area contributed by atoms with Crippen molar-refractivity contribution in [3.63, 3.8) is 0 Å². The van der Waals surface area contributed by atoms with Crippen molar-refractivity contribution in [1.29, 1.82) is 0 Å². The predicted octanol–water partition coefficient (Wildman–Crippen LogP) is 1.98. The van der Waals surface area contributed by atoms with Crippen molar-refractivity contribution in [3.8, 4) is 0 Å². The van der Waals surface area contributed by atoms with E-state index in [-0.39, 0.29) is 36.3 Å². The summed E-state index contributed by atoms with van der Waals surface area (Å²) in [5.41, 5.74) is -2.23. The van der Waals surface area contributed by atoms with Gasteiger partial charge in [0.25, 0.3) is 0 Å². The molecule has 194 valence electrons. The standard InChI is InChI=1S/C27H41N3O5/c1-7-11-18(5)29-15-10-13-27-21(20-23(32)28(6)14-9-12-26(20,8-2)35-27)24(33)30(22(27)25(29)34)19(16-31)17(3)4/h9-10,12-13,17-22,31H,7-8,11,14-16H2,1-6H3/t18?,19-,20+,21-,22?,26-,27-/m0/s1. The van der Waals surface area contributed by atoms with Crippen LogP contribution in [0.2, 0.25) is 0 Å². The summed E-state index contributed by atoms with van der Waals surface area (Å²) in [6.45, 7) is 10.6. The number of nitrogens with zero attached hydrogens (tertiary/aromatic N) is 3. The van der Waals surface area contributed by atoms with Gasteiger partial charge in [-0.15, -0.1) is 0 Å². The van der Waals surface area contributed by atoms with Crippen molar-refractivity contribution >= 4 is 17.7 Å². The van der Waals surface area contributed by atoms with Crippen molar-refractivity contribution in [1.82, 2.24) is 14.7 Å². The first kappa shape index (κ1) is 25.9. The molecule has 4 aliphatic rings. The average molecular weight is 488 g/mol. The first-order chi connectivity index (χ1) is 16.6. The van der Waals surface area contributed by atoms with Gasteiger partial charge in [-0.25, -0.2) is 0 Å². The van der Waals surface area contributed by atoms with Crippen LogP contribution in [0.4, 0.5) is 0 Å². The van der Waals surface area contributed by atoms with Crippen molar-refractivity contribution in [2.45, 2.75) is 83.2 Å². The highest BCUT2D eigenvalue weighted by Gasteiger charge is 2.76. The zero-order chi connectivity index (χ0) is 25.7. The normalized spacial score (nSPS) is 36.3. The Morgan fingerprint density at radius 2 is 1.71 bits per heavy atom. The topological polar surface area (TPSA) is 90.4 Å². The van der Waals surface area contributed by atoms with Gasteiger partial charge in [0.15, 0.2) is 0 Å². The predicted molar refractivity (Wildman–Crippen MR) is 132 cm³/mol. The molecule has 35 heavy (non-hydrogen) atoms. The summed E-state index contributed by atoms with van der Waals surface area (Å²) in [4.78, 5) is 47.4. The van der Waals surface area contributed by atoms with Crippen LogP contribution in [0.25, 0.3) is 0 Å². The van der Waals surface area contributed by atoms with Crippen LogP contribution in [0.5, 0.6) is 0 Å². The van der Waals surface area contributed by atoms with Gasteiger partial charge in [-0.3, -0.25) is 14.4 Å². The number of aliphatic hydroxyl groups excluding tert-OH is 1. The van der Waals surface area contributed by atoms with E-state index in [4.69, 9.17) is 4.74 Å². The molecule has 2 unspecified atom stereocenters. The molecular formula is C27H41N3O5. The number of likely N-dealkylation sites (tertiary alicyclic amines) is 1. The molecule has 0 radical (unpaired) electrons. The van der Waals surface area contributed by atoms with Crippen LogP contribution in [0.3, 0.4) is 0 Å². The summed E-state index contributed by atoms with van der Waals surface area (Å²) < 4.78 is 6.92. The number of aliphatic hydroxyl groups is 1. The summed E-state index contributed by atoms with van der Waals surface area (Å²) in [6.07, 6.45) is 9.98. The highest BCUT2D eigenvalue weighted by atomic mass is 16.5. The molecule has 7 atom stereocenters. The van der Waals surface area contributed by atoms with Gasteiger partial charge in [-0.1, -0.05) is 58.4 Å². The van der Waals surface area contributed by atoms with Gasteiger partial charge in [0.1, 0.15) is 11.6 Å². The molecule has 4 aliphatic heterocycles. The fourth-order valence-electron chi connectivity index (χ4n) is 6.79. The number of likely N-dealkylation sites (N-methyl/N-ethyl adjacent to an activating group) is 1. The first-order valence-corrected chi connectivity index (χ1v) is 13.1. The number of fused-ring (bicyclic) bond motifs is 2. The molecule has 0 saturated carbocycles. The number of carbonyl (C=O) groups excluding carboxylic acids is 3. The summed E-state index contributed by atoms with van der Waals surface area (Å²) >= 11 is 0. The fourth-order valence-corrected chi connectivity index (χ4v) is 6.79. The largest absolute Gasteiger partial charge is 0.394 e. The maximum Gasteiger partial charge on any atom is 0.249 e. The number of ether oxygens (including phenoxy) is 1. The van der Waals surface area contributed by atoms with E-state index in [0.29, 0.717) is 19.5 Å². The van der Waals surface area contributed by atoms with E-state index in [1.165, 1.54) is 0 Å². The Bertz CT molecular complexity index is 932. The van der Waals surface area contributed by atoms with Crippen LogP contribution in [0.15, 0.2) is 24.3 Å². The molecular weight excluding hydrogens is 446 g/mol. The molecule has 3 amide bonds. The van der Waals surface area contributed by atoms with Gasteiger partial charge in [-0.2, -0.15) is 0 Å². The maximum absolute atomic E-state index is 14.3. The zero-order valence-electron chi connectivity index (χ0n) is 21.9. The Kier molecular flexibility index (Phi) is 6.92. The number of hydrogen-bond acceptors (Lipinski definition) is 5. The number of amides is 3. The van der Waals surface area contributed by atoms with Gasteiger partial charge in [0, 0.05) is 26.2 Å². The van der Waals surface area contributed by atoms with Crippen molar-refractivity contribution in [2.75, 3.05) is 26.7 Å². The zero-order valence-corrected chi connectivity index (χ0v) is 21.9. The second-order valence-electron chi connectivity index (χ2n) is 11.0. The average Bonchev–Trinajstić information content (AvgIpc) is 3.11. The van der Waals surface area contributed by atoms with E-state index in [1.807, 2.05) is 56.9 Å². The van der Waals surface area contributed by atoms with E-state index in [2.05, 4.69) is 6.92 Å². The minimum absolute atomic E-state index is 0.00499. The molecule has 1 spiro atoms. The Morgan fingerprint density at radius 3 is 2.31 bits per heavy atom. The number of carbonyl (C=O) groups is 3. The van der Waals surface area contributed by atoms with Gasteiger partial charge in [0.2, 0.25) is 17.7 Å². The van der Waals surface area contributed by atoms with E-state index >= 15 is 0 Å². The van der Waals surface area contributed by atoms with E-state index in [0.717, 1.165) is 12.8 Å². The summed E-state index contributed by atoms with van der Waals surface area (Å²) in [5, 5.41) is 10.3. The van der Waals surface area contributed by atoms with Crippen molar-refractivity contribution in [3.05, 3.63) is 24.3 Å².